The van der Waals surface area contributed by atoms with Gasteiger partial charge in [-0.1, -0.05) is 28.1 Å². The van der Waals surface area contributed by atoms with Gasteiger partial charge in [-0.3, -0.25) is 0 Å². The molecule has 0 heterocycles. The van der Waals surface area contributed by atoms with E-state index < -0.39 is 11.7 Å². The number of hydrogen-bond acceptors (Lipinski definition) is 0. The molecule has 0 aromatic heterocycles. The molecule has 0 fully saturated rings. The first-order valence-electron chi connectivity index (χ1n) is 4.36. The number of hydrogen-bond donors (Lipinski definition) is 0. The zero-order valence-corrected chi connectivity index (χ0v) is 9.91. The van der Waals surface area contributed by atoms with Crippen molar-refractivity contribution in [3.63, 3.8) is 0 Å². The van der Waals surface area contributed by atoms with Crippen LogP contribution in [0.5, 0.6) is 0 Å². The molecule has 0 N–H and O–H groups in total. The predicted molar refractivity (Wildman–Crippen MR) is 58.6 cm³/mol. The largest absolute Gasteiger partial charge is 0.416 e. The van der Waals surface area contributed by atoms with Gasteiger partial charge in [-0.15, -0.1) is 0 Å². The van der Waals surface area contributed by atoms with Crippen molar-refractivity contribution < 1.29 is 13.2 Å². The minimum atomic E-state index is -4.30. The summed E-state index contributed by atoms with van der Waals surface area (Å²) >= 11 is 3.22. The Morgan fingerprint density at radius 1 is 1.33 bits per heavy atom. The van der Waals surface area contributed by atoms with Crippen LogP contribution in [-0.2, 0) is 0 Å². The molecular formula is C11H10BrF3. The van der Waals surface area contributed by atoms with Crippen LogP contribution in [0.4, 0.5) is 13.2 Å². The molecule has 82 valence electrons. The van der Waals surface area contributed by atoms with Gasteiger partial charge in [0.05, 0.1) is 5.57 Å². The fraction of sp³-hybridized carbons (Fsp3) is 0.273. The van der Waals surface area contributed by atoms with Gasteiger partial charge in [-0.2, -0.15) is 13.2 Å². The van der Waals surface area contributed by atoms with E-state index >= 15 is 0 Å². The van der Waals surface area contributed by atoms with E-state index in [1.807, 2.05) is 0 Å². The summed E-state index contributed by atoms with van der Waals surface area (Å²) in [5.41, 5.74) is 0.246. The highest BCUT2D eigenvalue weighted by Crippen LogP contribution is 2.35. The average Bonchev–Trinajstić information content (AvgIpc) is 2.07. The number of aryl methyl sites for hydroxylation is 1. The van der Waals surface area contributed by atoms with E-state index in [1.165, 1.54) is 13.0 Å². The summed E-state index contributed by atoms with van der Waals surface area (Å²) in [6, 6.07) is 4.75. The smallest absolute Gasteiger partial charge is 0.166 e. The predicted octanol–water partition coefficient (Wildman–Crippen LogP) is 4.72. The van der Waals surface area contributed by atoms with Gasteiger partial charge in [0.25, 0.3) is 0 Å². The summed E-state index contributed by atoms with van der Waals surface area (Å²) in [6.07, 6.45) is -3.20. The SMILES string of the molecule is C/C=C(\c1ccc(Br)cc1C)C(F)(F)F. The number of rotatable bonds is 1. The standard InChI is InChI=1S/C11H10BrF3/c1-3-10(11(13,14)15)9-5-4-8(12)6-7(9)2/h3-6H,1-2H3/b10-3+. The van der Waals surface area contributed by atoms with Gasteiger partial charge in [-0.25, -0.2) is 0 Å². The maximum absolute atomic E-state index is 12.6. The third-order valence-electron chi connectivity index (χ3n) is 2.07. The molecule has 0 amide bonds. The fourth-order valence-corrected chi connectivity index (χ4v) is 1.88. The van der Waals surface area contributed by atoms with Gasteiger partial charge < -0.3 is 0 Å². The third kappa shape index (κ3) is 2.84. The second kappa shape index (κ2) is 4.39. The minimum absolute atomic E-state index is 0.230. The highest BCUT2D eigenvalue weighted by molar-refractivity contribution is 9.10. The molecule has 0 unspecified atom stereocenters. The number of allylic oxidation sites excluding steroid dienone is 2. The molecule has 1 rings (SSSR count). The van der Waals surface area contributed by atoms with Crippen LogP contribution in [-0.4, -0.2) is 6.18 Å². The van der Waals surface area contributed by atoms with Crippen molar-refractivity contribution in [2.75, 3.05) is 0 Å². The summed E-state index contributed by atoms with van der Waals surface area (Å²) in [5, 5.41) is 0. The van der Waals surface area contributed by atoms with Gasteiger partial charge >= 0.3 is 6.18 Å². The molecule has 0 aliphatic carbocycles. The molecule has 0 radical (unpaired) electrons. The molecule has 1 aromatic carbocycles. The molecule has 0 nitrogen and oxygen atoms in total. The number of alkyl halides is 3. The Labute approximate surface area is 94.9 Å². The summed E-state index contributed by atoms with van der Waals surface area (Å²) in [5.74, 6) is 0. The Morgan fingerprint density at radius 3 is 2.33 bits per heavy atom. The molecular weight excluding hydrogens is 269 g/mol. The van der Waals surface area contributed by atoms with Gasteiger partial charge in [0.15, 0.2) is 0 Å². The zero-order valence-electron chi connectivity index (χ0n) is 8.32. The van der Waals surface area contributed by atoms with Gasteiger partial charge in [0, 0.05) is 4.47 Å². The molecule has 4 heteroatoms. The van der Waals surface area contributed by atoms with Crippen LogP contribution in [0.1, 0.15) is 18.1 Å². The fourth-order valence-electron chi connectivity index (χ4n) is 1.40. The Balaban J connectivity index is 3.27. The lowest BCUT2D eigenvalue weighted by atomic mass is 10.0. The van der Waals surface area contributed by atoms with Gasteiger partial charge in [0.2, 0.25) is 0 Å². The van der Waals surface area contributed by atoms with Crippen LogP contribution in [0.2, 0.25) is 0 Å². The minimum Gasteiger partial charge on any atom is -0.166 e. The van der Waals surface area contributed by atoms with Crippen LogP contribution in [0, 0.1) is 6.92 Å². The highest BCUT2D eigenvalue weighted by atomic mass is 79.9. The van der Waals surface area contributed by atoms with E-state index in [0.717, 1.165) is 10.5 Å². The second-order valence-electron chi connectivity index (χ2n) is 3.16. The van der Waals surface area contributed by atoms with E-state index in [4.69, 9.17) is 0 Å². The van der Waals surface area contributed by atoms with E-state index in [0.29, 0.717) is 5.56 Å². The van der Waals surface area contributed by atoms with E-state index in [2.05, 4.69) is 15.9 Å². The summed E-state index contributed by atoms with van der Waals surface area (Å²) in [4.78, 5) is 0. The van der Waals surface area contributed by atoms with Crippen molar-refractivity contribution in [3.8, 4) is 0 Å². The van der Waals surface area contributed by atoms with E-state index in [1.54, 1.807) is 19.1 Å². The van der Waals surface area contributed by atoms with Crippen molar-refractivity contribution in [2.45, 2.75) is 20.0 Å². The summed E-state index contributed by atoms with van der Waals surface area (Å²) in [6.45, 7) is 3.06. The Hall–Kier alpha value is -0.770. The van der Waals surface area contributed by atoms with Crippen molar-refractivity contribution in [1.82, 2.24) is 0 Å². The molecule has 15 heavy (non-hydrogen) atoms. The molecule has 0 atom stereocenters. The lowest BCUT2D eigenvalue weighted by Crippen LogP contribution is -2.11. The quantitative estimate of drug-likeness (QED) is 0.697. The maximum Gasteiger partial charge on any atom is 0.416 e. The third-order valence-corrected chi connectivity index (χ3v) is 2.57. The van der Waals surface area contributed by atoms with Crippen LogP contribution in [0.25, 0.3) is 5.57 Å². The highest BCUT2D eigenvalue weighted by Gasteiger charge is 2.34. The molecule has 0 saturated carbocycles. The van der Waals surface area contributed by atoms with Crippen LogP contribution in [0.3, 0.4) is 0 Å². The first kappa shape index (κ1) is 12.3. The Morgan fingerprint density at radius 2 is 1.93 bits per heavy atom. The van der Waals surface area contributed by atoms with Crippen molar-refractivity contribution >= 4 is 21.5 Å². The molecule has 0 saturated heterocycles. The topological polar surface area (TPSA) is 0 Å². The zero-order chi connectivity index (χ0) is 11.6. The number of benzene rings is 1. The van der Waals surface area contributed by atoms with Crippen molar-refractivity contribution in [3.05, 3.63) is 39.9 Å². The van der Waals surface area contributed by atoms with Crippen molar-refractivity contribution in [1.29, 1.82) is 0 Å². The van der Waals surface area contributed by atoms with E-state index in [-0.39, 0.29) is 5.56 Å². The van der Waals surface area contributed by atoms with Crippen molar-refractivity contribution in [2.24, 2.45) is 0 Å². The average molecular weight is 279 g/mol. The summed E-state index contributed by atoms with van der Waals surface area (Å²) < 4.78 is 38.6. The first-order valence-corrected chi connectivity index (χ1v) is 5.15. The summed E-state index contributed by atoms with van der Waals surface area (Å²) in [7, 11) is 0. The molecule has 0 bridgehead atoms. The van der Waals surface area contributed by atoms with Crippen LogP contribution < -0.4 is 0 Å². The maximum atomic E-state index is 12.6. The molecule has 0 aliphatic heterocycles. The Bertz CT molecular complexity index is 391. The lowest BCUT2D eigenvalue weighted by Gasteiger charge is -2.14. The molecule has 1 aromatic rings. The van der Waals surface area contributed by atoms with Crippen LogP contribution >= 0.6 is 15.9 Å². The molecule has 0 aliphatic rings. The first-order chi connectivity index (χ1) is 6.86. The van der Waals surface area contributed by atoms with Gasteiger partial charge in [0.1, 0.15) is 0 Å². The number of halogens is 4. The monoisotopic (exact) mass is 278 g/mol. The lowest BCUT2D eigenvalue weighted by molar-refractivity contribution is -0.0690. The second-order valence-corrected chi connectivity index (χ2v) is 4.08. The van der Waals surface area contributed by atoms with Gasteiger partial charge in [-0.05, 0) is 37.1 Å². The molecule has 0 spiro atoms. The van der Waals surface area contributed by atoms with Crippen LogP contribution in [0.15, 0.2) is 28.7 Å². The normalized spacial score (nSPS) is 13.1. The van der Waals surface area contributed by atoms with E-state index in [9.17, 15) is 13.2 Å². The Kier molecular flexibility index (Phi) is 3.60.